The fourth-order valence-corrected chi connectivity index (χ4v) is 4.63. The van der Waals surface area contributed by atoms with Gasteiger partial charge in [0.15, 0.2) is 5.82 Å². The zero-order chi connectivity index (χ0) is 26.5. The highest BCUT2D eigenvalue weighted by Gasteiger charge is 2.38. The number of amides is 2. The summed E-state index contributed by atoms with van der Waals surface area (Å²) in [5, 5.41) is 20.7. The van der Waals surface area contributed by atoms with Crippen molar-refractivity contribution in [1.82, 2.24) is 15.1 Å². The number of nitrogens with one attached hydrogen (secondary N) is 1. The number of unbranched alkanes of at least 4 members (excludes halogenated alkanes) is 2. The zero-order valence-electron chi connectivity index (χ0n) is 21.4. The lowest BCUT2D eigenvalue weighted by Gasteiger charge is -2.27. The molecule has 2 N–H and O–H groups in total. The molecule has 0 radical (unpaired) electrons. The molecule has 8 heteroatoms. The number of aliphatic carboxylic acids is 1. The van der Waals surface area contributed by atoms with Crippen LogP contribution in [0.5, 0.6) is 0 Å². The van der Waals surface area contributed by atoms with Gasteiger partial charge in [0.05, 0.1) is 5.69 Å². The molecule has 1 aliphatic heterocycles. The molecule has 192 valence electrons. The van der Waals surface area contributed by atoms with E-state index in [4.69, 9.17) is 0 Å². The zero-order valence-corrected chi connectivity index (χ0v) is 21.4. The third kappa shape index (κ3) is 5.85. The fourth-order valence-electron chi connectivity index (χ4n) is 4.63. The van der Waals surface area contributed by atoms with Crippen molar-refractivity contribution in [2.24, 2.45) is 5.92 Å². The molecule has 1 aliphatic rings. The van der Waals surface area contributed by atoms with Crippen LogP contribution in [0.3, 0.4) is 0 Å². The standard InChI is InChI=1S/C29H32N4O4/c1-4-5-6-7-19-8-10-20(11-9-19)27(34)30-25-15-14-24(31-32-25)21-12-13-22-17-33(28(35)23(22)16-21)26(18(2)3)29(36)37/h8-16,18,26H,4-7,17H2,1-3H3,(H,36,37)(H,30,32,34)/t26-/m0/s1. The molecule has 0 spiro atoms. The number of aromatic nitrogens is 2. The summed E-state index contributed by atoms with van der Waals surface area (Å²) in [5.74, 6) is -1.46. The van der Waals surface area contributed by atoms with Crippen molar-refractivity contribution in [1.29, 1.82) is 0 Å². The maximum Gasteiger partial charge on any atom is 0.326 e. The van der Waals surface area contributed by atoms with Gasteiger partial charge in [-0.25, -0.2) is 4.79 Å². The van der Waals surface area contributed by atoms with Crippen LogP contribution in [0.1, 0.15) is 71.9 Å². The van der Waals surface area contributed by atoms with Gasteiger partial charge in [0.25, 0.3) is 11.8 Å². The number of hydrogen-bond acceptors (Lipinski definition) is 5. The van der Waals surface area contributed by atoms with Gasteiger partial charge < -0.3 is 15.3 Å². The lowest BCUT2D eigenvalue weighted by Crippen LogP contribution is -2.44. The number of aryl methyl sites for hydroxylation is 1. The minimum absolute atomic E-state index is 0.215. The number of benzene rings is 2. The molecule has 0 aliphatic carbocycles. The molecule has 1 atom stereocenters. The molecule has 0 bridgehead atoms. The second-order valence-electron chi connectivity index (χ2n) is 9.74. The molecule has 3 aromatic rings. The van der Waals surface area contributed by atoms with E-state index in [0.717, 1.165) is 18.4 Å². The fraction of sp³-hybridized carbons (Fsp3) is 0.345. The van der Waals surface area contributed by atoms with E-state index < -0.39 is 12.0 Å². The summed E-state index contributed by atoms with van der Waals surface area (Å²) in [6.07, 6.45) is 4.52. The first-order valence-corrected chi connectivity index (χ1v) is 12.7. The van der Waals surface area contributed by atoms with E-state index >= 15 is 0 Å². The number of hydrogen-bond donors (Lipinski definition) is 2. The van der Waals surface area contributed by atoms with Gasteiger partial charge in [-0.05, 0) is 60.2 Å². The van der Waals surface area contributed by atoms with Gasteiger partial charge in [-0.1, -0.05) is 57.9 Å². The molecular weight excluding hydrogens is 468 g/mol. The molecule has 8 nitrogen and oxygen atoms in total. The number of fused-ring (bicyclic) bond motifs is 1. The largest absolute Gasteiger partial charge is 0.480 e. The van der Waals surface area contributed by atoms with Crippen LogP contribution in [0.4, 0.5) is 5.82 Å². The van der Waals surface area contributed by atoms with Crippen molar-refractivity contribution in [3.8, 4) is 11.3 Å². The van der Waals surface area contributed by atoms with E-state index in [-0.39, 0.29) is 24.3 Å². The van der Waals surface area contributed by atoms with Crippen molar-refractivity contribution in [3.63, 3.8) is 0 Å². The number of carbonyl (C=O) groups excluding carboxylic acids is 2. The van der Waals surface area contributed by atoms with Crippen molar-refractivity contribution in [3.05, 3.63) is 76.9 Å². The minimum atomic E-state index is -1.01. The molecule has 1 aromatic heterocycles. The van der Waals surface area contributed by atoms with Crippen LogP contribution in [0.25, 0.3) is 11.3 Å². The topological polar surface area (TPSA) is 112 Å². The van der Waals surface area contributed by atoms with E-state index in [1.807, 2.05) is 36.4 Å². The van der Waals surface area contributed by atoms with Crippen LogP contribution in [0.2, 0.25) is 0 Å². The predicted molar refractivity (Wildman–Crippen MR) is 141 cm³/mol. The number of rotatable bonds is 10. The van der Waals surface area contributed by atoms with Crippen molar-refractivity contribution in [2.45, 2.75) is 59.0 Å². The first kappa shape index (κ1) is 26.0. The van der Waals surface area contributed by atoms with Crippen LogP contribution in [-0.2, 0) is 17.8 Å². The van der Waals surface area contributed by atoms with Gasteiger partial charge in [0, 0.05) is 23.2 Å². The Bertz CT molecular complexity index is 1290. The molecule has 2 amide bonds. The third-order valence-electron chi connectivity index (χ3n) is 6.65. The van der Waals surface area contributed by atoms with Crippen molar-refractivity contribution < 1.29 is 19.5 Å². The van der Waals surface area contributed by atoms with E-state index in [0.29, 0.717) is 28.2 Å². The number of anilines is 1. The predicted octanol–water partition coefficient (Wildman–Crippen LogP) is 5.19. The highest BCUT2D eigenvalue weighted by molar-refractivity contribution is 6.04. The van der Waals surface area contributed by atoms with E-state index in [1.165, 1.54) is 23.3 Å². The second-order valence-corrected chi connectivity index (χ2v) is 9.74. The van der Waals surface area contributed by atoms with Gasteiger partial charge in [-0.2, -0.15) is 0 Å². The summed E-state index contributed by atoms with van der Waals surface area (Å²) < 4.78 is 0. The number of carboxylic acids is 1. The Kier molecular flexibility index (Phi) is 7.96. The maximum atomic E-state index is 13.0. The quantitative estimate of drug-likeness (QED) is 0.370. The average molecular weight is 501 g/mol. The lowest BCUT2D eigenvalue weighted by molar-refractivity contribution is -0.144. The van der Waals surface area contributed by atoms with Crippen LogP contribution in [0, 0.1) is 5.92 Å². The van der Waals surface area contributed by atoms with Gasteiger partial charge in [0.2, 0.25) is 0 Å². The molecule has 0 fully saturated rings. The maximum absolute atomic E-state index is 13.0. The van der Waals surface area contributed by atoms with Crippen LogP contribution in [0.15, 0.2) is 54.6 Å². The van der Waals surface area contributed by atoms with E-state index in [1.54, 1.807) is 32.0 Å². The summed E-state index contributed by atoms with van der Waals surface area (Å²) in [4.78, 5) is 38.8. The summed E-state index contributed by atoms with van der Waals surface area (Å²) >= 11 is 0. The number of carboxylic acid groups (broad SMARTS) is 1. The lowest BCUT2D eigenvalue weighted by atomic mass is 10.0. The van der Waals surface area contributed by atoms with Gasteiger partial charge in [-0.15, -0.1) is 10.2 Å². The van der Waals surface area contributed by atoms with E-state index in [9.17, 15) is 19.5 Å². The molecule has 37 heavy (non-hydrogen) atoms. The average Bonchev–Trinajstić information content (AvgIpc) is 3.19. The summed E-state index contributed by atoms with van der Waals surface area (Å²) in [5.41, 5.74) is 4.26. The van der Waals surface area contributed by atoms with Crippen molar-refractivity contribution >= 4 is 23.6 Å². The second kappa shape index (κ2) is 11.3. The van der Waals surface area contributed by atoms with Gasteiger partial charge in [-0.3, -0.25) is 9.59 Å². The SMILES string of the molecule is CCCCCc1ccc(C(=O)Nc2ccc(-c3ccc4c(c3)C(=O)N([C@H](C(=O)O)C(C)C)C4)nn2)cc1. The van der Waals surface area contributed by atoms with Crippen LogP contribution < -0.4 is 5.32 Å². The monoisotopic (exact) mass is 500 g/mol. The molecular formula is C29H32N4O4. The minimum Gasteiger partial charge on any atom is -0.480 e. The number of carbonyl (C=O) groups is 3. The molecule has 2 aromatic carbocycles. The molecule has 0 saturated carbocycles. The van der Waals surface area contributed by atoms with Crippen LogP contribution in [-0.4, -0.2) is 44.0 Å². The van der Waals surface area contributed by atoms with Gasteiger partial charge in [0.1, 0.15) is 6.04 Å². The first-order valence-electron chi connectivity index (χ1n) is 12.7. The molecule has 0 saturated heterocycles. The Morgan fingerprint density at radius 3 is 2.41 bits per heavy atom. The van der Waals surface area contributed by atoms with Gasteiger partial charge >= 0.3 is 5.97 Å². The molecule has 2 heterocycles. The number of nitrogens with zero attached hydrogens (tertiary/aromatic N) is 3. The Morgan fingerprint density at radius 1 is 1.03 bits per heavy atom. The normalized spacial score (nSPS) is 13.5. The van der Waals surface area contributed by atoms with E-state index in [2.05, 4.69) is 22.4 Å². The van der Waals surface area contributed by atoms with Crippen LogP contribution >= 0.6 is 0 Å². The Morgan fingerprint density at radius 2 is 1.78 bits per heavy atom. The highest BCUT2D eigenvalue weighted by Crippen LogP contribution is 2.30. The summed E-state index contributed by atoms with van der Waals surface area (Å²) in [7, 11) is 0. The summed E-state index contributed by atoms with van der Waals surface area (Å²) in [6.45, 7) is 6.02. The smallest absolute Gasteiger partial charge is 0.326 e. The highest BCUT2D eigenvalue weighted by atomic mass is 16.4. The Labute approximate surface area is 216 Å². The summed E-state index contributed by atoms with van der Waals surface area (Å²) in [6, 6.07) is 15.5. The molecule has 0 unspecified atom stereocenters. The Hall–Kier alpha value is -4.07. The van der Waals surface area contributed by atoms with Crippen molar-refractivity contribution in [2.75, 3.05) is 5.32 Å². The third-order valence-corrected chi connectivity index (χ3v) is 6.65. The molecule has 4 rings (SSSR count). The first-order chi connectivity index (χ1) is 17.8. The Balaban J connectivity index is 1.43.